The first-order valence-corrected chi connectivity index (χ1v) is 32.1. The van der Waals surface area contributed by atoms with Crippen molar-refractivity contribution in [1.29, 1.82) is 0 Å². The number of hydrogen-bond donors (Lipinski definition) is 0. The van der Waals surface area contributed by atoms with Crippen LogP contribution in [0.1, 0.15) is 105 Å². The normalized spacial score (nSPS) is 15.5. The van der Waals surface area contributed by atoms with Gasteiger partial charge in [-0.25, -0.2) is 40.1 Å². The Bertz CT molecular complexity index is 3000. The highest BCUT2D eigenvalue weighted by molar-refractivity contribution is 6.25. The molecule has 0 aromatic heterocycles. The van der Waals surface area contributed by atoms with Crippen LogP contribution in [0.2, 0.25) is 0 Å². The highest BCUT2D eigenvalue weighted by Crippen LogP contribution is 2.38. The van der Waals surface area contributed by atoms with Gasteiger partial charge >= 0.3 is 0 Å². The van der Waals surface area contributed by atoms with Gasteiger partial charge in [0.05, 0.1) is 45.5 Å². The molecule has 0 spiro atoms. The molecule has 16 heteroatoms. The van der Waals surface area contributed by atoms with Crippen LogP contribution in [0.15, 0.2) is 243 Å². The van der Waals surface area contributed by atoms with Gasteiger partial charge in [-0.15, -0.1) is 0 Å². The van der Waals surface area contributed by atoms with Crippen LogP contribution in [-0.4, -0.2) is 47.3 Å². The molecule has 0 unspecified atom stereocenters. The predicted molar refractivity (Wildman–Crippen MR) is 363 cm³/mol. The van der Waals surface area contributed by atoms with E-state index in [1.165, 1.54) is 40.1 Å². The molecule has 0 bridgehead atoms. The number of hydrazine groups is 4. The number of carbonyl (C=O) groups is 8. The van der Waals surface area contributed by atoms with Gasteiger partial charge in [0.25, 0.3) is 47.3 Å². The third-order valence-electron chi connectivity index (χ3n) is 16.2. The summed E-state index contributed by atoms with van der Waals surface area (Å²) >= 11 is 0. The number of rotatable bonds is 20. The monoisotopic (exact) mass is 1230 g/mol. The van der Waals surface area contributed by atoms with Crippen molar-refractivity contribution >= 4 is 92.8 Å². The van der Waals surface area contributed by atoms with E-state index in [4.69, 9.17) is 0 Å². The van der Waals surface area contributed by atoms with Crippen LogP contribution in [0.25, 0.3) is 0 Å². The molecule has 4 aliphatic heterocycles. The zero-order valence-corrected chi connectivity index (χ0v) is 52.7. The van der Waals surface area contributed by atoms with E-state index in [0.717, 1.165) is 51.4 Å². The molecule has 8 aromatic rings. The number of amides is 8. The number of benzene rings is 8. The van der Waals surface area contributed by atoms with Crippen molar-refractivity contribution in [3.05, 3.63) is 243 Å². The Hall–Kier alpha value is -10.5. The smallest absolute Gasteiger partial charge is 0.258 e. The maximum absolute atomic E-state index is 12.9. The summed E-state index contributed by atoms with van der Waals surface area (Å²) in [6.45, 7) is 8.25. The number of hydrogen-bond acceptors (Lipinski definition) is 8. The largest absolute Gasteiger partial charge is 0.272 e. The summed E-state index contributed by atoms with van der Waals surface area (Å²) in [5, 5.41) is 12.1. The van der Waals surface area contributed by atoms with Crippen molar-refractivity contribution in [1.82, 2.24) is 0 Å². The molecule has 0 saturated carbocycles. The molecule has 0 radical (unpaired) electrons. The molecule has 8 aromatic carbocycles. The van der Waals surface area contributed by atoms with Crippen LogP contribution in [0.3, 0.4) is 0 Å². The van der Waals surface area contributed by atoms with E-state index < -0.39 is 23.7 Å². The number of nitrogens with zero attached hydrogens (tertiary/aromatic N) is 8. The molecule has 4 aliphatic rings. The summed E-state index contributed by atoms with van der Waals surface area (Å²) in [5.74, 6) is -3.47. The van der Waals surface area contributed by atoms with Crippen molar-refractivity contribution in [3.8, 4) is 0 Å². The first-order valence-electron chi connectivity index (χ1n) is 32.1. The number of unbranched alkanes of at least 4 members (excludes halogenated alkanes) is 4. The molecule has 472 valence electrons. The molecular weight excluding hydrogens is 1150 g/mol. The SMILES string of the molecule is CCCCC1C(=O)N(c2ccccc2)N(c2ccccc2)C1=O.CCCCC1C(=O)N(c2ccccc2)N(c2ccccc2)C1=O.CCCCC1C(=O)N(c2ccccc2)N(c2ccccc2)C1=O.CCCCC1C(=O)N(c2ccccc2)N(c2ccccc2)C1=O. The van der Waals surface area contributed by atoms with E-state index in [-0.39, 0.29) is 47.3 Å². The maximum atomic E-state index is 12.9. The Morgan fingerprint density at radius 3 is 0.402 bits per heavy atom. The molecule has 8 amide bonds. The molecule has 0 N–H and O–H groups in total. The average molecular weight is 1230 g/mol. The van der Waals surface area contributed by atoms with Crippen molar-refractivity contribution < 1.29 is 38.4 Å². The van der Waals surface area contributed by atoms with Gasteiger partial charge in [-0.05, 0) is 123 Å². The first kappa shape index (κ1) is 66.0. The van der Waals surface area contributed by atoms with Crippen LogP contribution in [-0.2, 0) is 38.4 Å². The van der Waals surface area contributed by atoms with E-state index in [0.29, 0.717) is 71.2 Å². The highest BCUT2D eigenvalue weighted by atomic mass is 16.2. The summed E-state index contributed by atoms with van der Waals surface area (Å²) in [7, 11) is 0. The van der Waals surface area contributed by atoms with Crippen LogP contribution >= 0.6 is 0 Å². The molecule has 0 aliphatic carbocycles. The fourth-order valence-electron chi connectivity index (χ4n) is 11.5. The molecular formula is C76H80N8O8. The number of anilines is 8. The zero-order chi connectivity index (χ0) is 64.9. The topological polar surface area (TPSA) is 162 Å². The second-order valence-corrected chi connectivity index (χ2v) is 22.7. The molecule has 92 heavy (non-hydrogen) atoms. The standard InChI is InChI=1S/4C19H20N2O2/c4*1-2-3-14-17-18(22)20(15-10-6-4-7-11-15)21(19(17)23)16-12-8-5-9-13-16/h4*4-13,17H,2-3,14H2,1H3. The molecule has 16 nitrogen and oxygen atoms in total. The lowest BCUT2D eigenvalue weighted by molar-refractivity contribution is -0.128. The first-order chi connectivity index (χ1) is 44.9. The van der Waals surface area contributed by atoms with Gasteiger partial charge < -0.3 is 0 Å². The molecule has 0 atom stereocenters. The van der Waals surface area contributed by atoms with E-state index in [1.807, 2.05) is 243 Å². The molecule has 4 saturated heterocycles. The van der Waals surface area contributed by atoms with Crippen molar-refractivity contribution in [3.63, 3.8) is 0 Å². The Kier molecular flexibility index (Phi) is 23.2. The predicted octanol–water partition coefficient (Wildman–Crippen LogP) is 15.2. The maximum Gasteiger partial charge on any atom is 0.258 e. The Labute approximate surface area is 539 Å². The average Bonchev–Trinajstić information content (AvgIpc) is 1.66. The second-order valence-electron chi connectivity index (χ2n) is 22.7. The number of carbonyl (C=O) groups excluding carboxylic acids is 8. The summed E-state index contributed by atoms with van der Waals surface area (Å²) in [6, 6.07) is 74.7. The third-order valence-corrected chi connectivity index (χ3v) is 16.2. The van der Waals surface area contributed by atoms with E-state index in [9.17, 15) is 38.4 Å². The minimum Gasteiger partial charge on any atom is -0.272 e. The second kappa shape index (κ2) is 32.3. The summed E-state index contributed by atoms with van der Waals surface area (Å²) in [4.78, 5) is 103. The van der Waals surface area contributed by atoms with Gasteiger partial charge in [-0.2, -0.15) is 0 Å². The fourth-order valence-corrected chi connectivity index (χ4v) is 11.5. The Morgan fingerprint density at radius 1 is 0.196 bits per heavy atom. The van der Waals surface area contributed by atoms with Crippen LogP contribution in [0.5, 0.6) is 0 Å². The van der Waals surface area contributed by atoms with Crippen molar-refractivity contribution in [2.24, 2.45) is 23.7 Å². The van der Waals surface area contributed by atoms with Gasteiger partial charge in [-0.3, -0.25) is 38.4 Å². The van der Waals surface area contributed by atoms with Gasteiger partial charge in [0.15, 0.2) is 0 Å². The Morgan fingerprint density at radius 2 is 0.304 bits per heavy atom. The lowest BCUT2D eigenvalue weighted by Gasteiger charge is -2.27. The fraction of sp³-hybridized carbons (Fsp3) is 0.263. The zero-order valence-electron chi connectivity index (χ0n) is 52.7. The van der Waals surface area contributed by atoms with Crippen molar-refractivity contribution in [2.45, 2.75) is 105 Å². The highest BCUT2D eigenvalue weighted by Gasteiger charge is 2.50. The van der Waals surface area contributed by atoms with Crippen LogP contribution < -0.4 is 40.1 Å². The lowest BCUT2D eigenvalue weighted by atomic mass is 10.0. The van der Waals surface area contributed by atoms with Gasteiger partial charge in [0, 0.05) is 0 Å². The van der Waals surface area contributed by atoms with E-state index in [2.05, 4.69) is 27.7 Å². The Balaban J connectivity index is 0.000000145. The van der Waals surface area contributed by atoms with Gasteiger partial charge in [0.2, 0.25) is 0 Å². The third kappa shape index (κ3) is 14.9. The lowest BCUT2D eigenvalue weighted by Crippen LogP contribution is -2.41. The minimum atomic E-state index is -0.588. The molecule has 4 fully saturated rings. The number of para-hydroxylation sites is 8. The quantitative estimate of drug-likeness (QED) is 0.0681. The van der Waals surface area contributed by atoms with E-state index >= 15 is 0 Å². The van der Waals surface area contributed by atoms with E-state index in [1.54, 1.807) is 0 Å². The summed E-state index contributed by atoms with van der Waals surface area (Å²) in [5.41, 5.74) is 5.73. The van der Waals surface area contributed by atoms with Crippen LogP contribution in [0.4, 0.5) is 45.5 Å². The summed E-state index contributed by atoms with van der Waals surface area (Å²) < 4.78 is 0. The molecule has 12 rings (SSSR count). The summed E-state index contributed by atoms with van der Waals surface area (Å²) in [6.07, 6.45) is 9.73. The van der Waals surface area contributed by atoms with Gasteiger partial charge in [-0.1, -0.05) is 225 Å². The van der Waals surface area contributed by atoms with Gasteiger partial charge in [0.1, 0.15) is 23.7 Å². The minimum absolute atomic E-state index is 0.140. The van der Waals surface area contributed by atoms with Crippen molar-refractivity contribution in [2.75, 3.05) is 40.1 Å². The molecule has 4 heterocycles. The van der Waals surface area contributed by atoms with Crippen LogP contribution in [0, 0.1) is 23.7 Å².